The Hall–Kier alpha value is -2.92. The molecule has 2 aliphatic rings. The lowest BCUT2D eigenvalue weighted by molar-refractivity contribution is -0.111. The molecule has 2 heterocycles. The van der Waals surface area contributed by atoms with Gasteiger partial charge < -0.3 is 14.7 Å². The van der Waals surface area contributed by atoms with E-state index in [0.29, 0.717) is 5.33 Å². The predicted octanol–water partition coefficient (Wildman–Crippen LogP) is 3.92. The zero-order valence-corrected chi connectivity index (χ0v) is 18.4. The summed E-state index contributed by atoms with van der Waals surface area (Å²) >= 11 is 3.23. The van der Waals surface area contributed by atoms with E-state index in [1.54, 1.807) is 12.1 Å². The average molecular weight is 528 g/mol. The van der Waals surface area contributed by atoms with Crippen LogP contribution < -0.4 is 9.80 Å². The van der Waals surface area contributed by atoms with Crippen LogP contribution in [0.2, 0.25) is 0 Å². The number of ether oxygens (including phenoxy) is 1. The molecule has 2 aliphatic heterocycles. The first kappa shape index (κ1) is 24.7. The number of aromatic hydroxyl groups is 1. The van der Waals surface area contributed by atoms with Gasteiger partial charge in [0, 0.05) is 30.6 Å². The third kappa shape index (κ3) is 5.03. The van der Waals surface area contributed by atoms with Crippen LogP contribution in [-0.2, 0) is 9.57 Å². The van der Waals surface area contributed by atoms with E-state index in [4.69, 9.17) is 9.57 Å². The lowest BCUT2D eigenvalue weighted by Crippen LogP contribution is -2.35. The third-order valence-electron chi connectivity index (χ3n) is 5.22. The van der Waals surface area contributed by atoms with Crippen LogP contribution in [0.25, 0.3) is 0 Å². The highest BCUT2D eigenvalue weighted by Crippen LogP contribution is 2.31. The highest BCUT2D eigenvalue weighted by atomic mass is 79.9. The van der Waals surface area contributed by atoms with Gasteiger partial charge in [-0.3, -0.25) is 14.5 Å². The first-order valence-corrected chi connectivity index (χ1v) is 11.0. The monoisotopic (exact) mass is 527 g/mol. The highest BCUT2D eigenvalue weighted by molar-refractivity contribution is 9.09. The number of alkyl halides is 1. The Kier molecular flexibility index (Phi) is 7.75. The Labute approximate surface area is 198 Å². The molecule has 2 saturated heterocycles. The Morgan fingerprint density at radius 3 is 2.48 bits per heavy atom. The topological polar surface area (TPSA) is 82.5 Å². The summed E-state index contributed by atoms with van der Waals surface area (Å²) < 4.78 is 35.0. The number of rotatable bonds is 4. The molecule has 0 radical (unpaired) electrons. The fourth-order valence-corrected chi connectivity index (χ4v) is 3.98. The molecular formula is C22H24BrF2N3O5. The second kappa shape index (κ2) is 10.3. The molecule has 8 nitrogen and oxygen atoms in total. The molecule has 2 aromatic carbocycles. The third-order valence-corrected chi connectivity index (χ3v) is 5.94. The van der Waals surface area contributed by atoms with E-state index in [9.17, 15) is 23.5 Å². The minimum absolute atomic E-state index is 0. The minimum Gasteiger partial charge on any atom is -0.507 e. The first-order valence-electron chi connectivity index (χ1n) is 9.90. The van der Waals surface area contributed by atoms with Crippen LogP contribution >= 0.6 is 15.9 Å². The number of phenolic OH excluding ortho intramolecular Hbond substituents is 1. The Bertz CT molecular complexity index is 1020. The molecule has 2 fully saturated rings. The number of halogens is 3. The molecule has 11 heteroatoms. The minimum atomic E-state index is -0.837. The largest absolute Gasteiger partial charge is 0.507 e. The van der Waals surface area contributed by atoms with Crippen LogP contribution in [0, 0.1) is 11.6 Å². The quantitative estimate of drug-likeness (QED) is 0.607. The summed E-state index contributed by atoms with van der Waals surface area (Å²) in [4.78, 5) is 32.7. The smallest absolute Gasteiger partial charge is 0.414 e. The molecular weight excluding hydrogens is 504 g/mol. The van der Waals surface area contributed by atoms with Crippen molar-refractivity contribution in [3.8, 4) is 5.75 Å². The molecule has 0 saturated carbocycles. The zero-order valence-electron chi connectivity index (χ0n) is 16.8. The Morgan fingerprint density at radius 1 is 1.15 bits per heavy atom. The Morgan fingerprint density at radius 2 is 1.85 bits per heavy atom. The highest BCUT2D eigenvalue weighted by Gasteiger charge is 2.33. The fraction of sp³-hybridized carbons (Fsp3) is 0.364. The molecule has 0 bridgehead atoms. The van der Waals surface area contributed by atoms with E-state index in [2.05, 4.69) is 15.9 Å². The molecule has 1 atom stereocenters. The number of hydroxylamine groups is 2. The maximum absolute atomic E-state index is 14.9. The molecule has 1 N–H and O–H groups in total. The van der Waals surface area contributed by atoms with Crippen molar-refractivity contribution in [2.24, 2.45) is 0 Å². The van der Waals surface area contributed by atoms with Gasteiger partial charge in [-0.2, -0.15) is 0 Å². The van der Waals surface area contributed by atoms with Gasteiger partial charge >= 0.3 is 6.09 Å². The van der Waals surface area contributed by atoms with Crippen molar-refractivity contribution in [2.45, 2.75) is 13.5 Å². The van der Waals surface area contributed by atoms with Crippen molar-refractivity contribution in [1.29, 1.82) is 0 Å². The fourth-order valence-electron chi connectivity index (χ4n) is 3.64. The number of para-hydroxylation sites is 1. The maximum atomic E-state index is 14.9. The van der Waals surface area contributed by atoms with Gasteiger partial charge in [0.05, 0.1) is 30.9 Å². The number of carbonyl (C=O) groups excluding carboxylic acids is 2. The van der Waals surface area contributed by atoms with E-state index in [1.165, 1.54) is 21.9 Å². The van der Waals surface area contributed by atoms with Crippen LogP contribution in [0.4, 0.5) is 25.0 Å². The number of anilines is 2. The number of amides is 2. The van der Waals surface area contributed by atoms with Gasteiger partial charge in [-0.1, -0.05) is 35.5 Å². The molecule has 0 unspecified atom stereocenters. The number of nitrogens with zero attached hydrogens (tertiary/aromatic N) is 3. The number of phenols is 1. The lowest BCUT2D eigenvalue weighted by atomic mass is 10.2. The molecule has 0 aromatic heterocycles. The van der Waals surface area contributed by atoms with E-state index in [1.807, 2.05) is 0 Å². The van der Waals surface area contributed by atoms with Crippen molar-refractivity contribution in [1.82, 2.24) is 5.06 Å². The number of hydrogen-bond acceptors (Lipinski definition) is 6. The maximum Gasteiger partial charge on any atom is 0.414 e. The SMILES string of the molecule is C.O=C(c1ccccc1O)N1CCN(c2c(F)cc(N3C[C@H](CBr)OC3=O)cc2F)CCO1. The van der Waals surface area contributed by atoms with Gasteiger partial charge in [-0.25, -0.2) is 18.6 Å². The van der Waals surface area contributed by atoms with Crippen molar-refractivity contribution in [3.63, 3.8) is 0 Å². The summed E-state index contributed by atoms with van der Waals surface area (Å²) in [6, 6.07) is 8.24. The Balaban J connectivity index is 0.00000306. The zero-order chi connectivity index (χ0) is 22.8. The van der Waals surface area contributed by atoms with Crippen molar-refractivity contribution >= 4 is 39.3 Å². The standard InChI is InChI=1S/C21H20BrF2N3O5.CH4/c22-11-14-12-26(21(30)32-14)13-9-16(23)19(17(24)10-13)25-5-6-27(31-8-7-25)20(29)15-3-1-2-4-18(15)28;/h1-4,9-10,14,28H,5-8,11-12H2;1H4/t14-;/m0./s1. The van der Waals surface area contributed by atoms with E-state index >= 15 is 0 Å². The number of carbonyl (C=O) groups is 2. The molecule has 2 aromatic rings. The van der Waals surface area contributed by atoms with Crippen LogP contribution in [0.5, 0.6) is 5.75 Å². The van der Waals surface area contributed by atoms with Gasteiger partial charge in [0.25, 0.3) is 5.91 Å². The summed E-state index contributed by atoms with van der Waals surface area (Å²) in [6.07, 6.45) is -1.06. The van der Waals surface area contributed by atoms with E-state index in [-0.39, 0.29) is 62.9 Å². The molecule has 33 heavy (non-hydrogen) atoms. The second-order valence-electron chi connectivity index (χ2n) is 7.27. The number of benzene rings is 2. The van der Waals surface area contributed by atoms with Crippen molar-refractivity contribution in [2.75, 3.05) is 47.9 Å². The van der Waals surface area contributed by atoms with Crippen molar-refractivity contribution < 1.29 is 33.1 Å². The molecule has 0 aliphatic carbocycles. The van der Waals surface area contributed by atoms with Gasteiger partial charge in [-0.05, 0) is 12.1 Å². The molecule has 2 amide bonds. The van der Waals surface area contributed by atoms with E-state index < -0.39 is 29.7 Å². The molecule has 4 rings (SSSR count). The van der Waals surface area contributed by atoms with Crippen LogP contribution in [0.1, 0.15) is 17.8 Å². The summed E-state index contributed by atoms with van der Waals surface area (Å²) in [5.74, 6) is -2.40. The summed E-state index contributed by atoms with van der Waals surface area (Å²) in [7, 11) is 0. The molecule has 0 spiro atoms. The van der Waals surface area contributed by atoms with Crippen LogP contribution in [0.15, 0.2) is 36.4 Å². The predicted molar refractivity (Wildman–Crippen MR) is 122 cm³/mol. The summed E-state index contributed by atoms with van der Waals surface area (Å²) in [5.41, 5.74) is -0.125. The number of cyclic esters (lactones) is 1. The molecule has 178 valence electrons. The van der Waals surface area contributed by atoms with Gasteiger partial charge in [0.15, 0.2) is 11.6 Å². The number of hydrogen-bond donors (Lipinski definition) is 1. The van der Waals surface area contributed by atoms with Crippen LogP contribution in [-0.4, -0.2) is 66.4 Å². The van der Waals surface area contributed by atoms with Crippen LogP contribution in [0.3, 0.4) is 0 Å². The first-order chi connectivity index (χ1) is 15.4. The summed E-state index contributed by atoms with van der Waals surface area (Å²) in [6.45, 7) is 0.451. The second-order valence-corrected chi connectivity index (χ2v) is 7.92. The van der Waals surface area contributed by atoms with Crippen molar-refractivity contribution in [3.05, 3.63) is 53.6 Å². The van der Waals surface area contributed by atoms with E-state index in [0.717, 1.165) is 17.2 Å². The normalized spacial score (nSPS) is 18.6. The lowest BCUT2D eigenvalue weighted by Gasteiger charge is -2.24. The van der Waals surface area contributed by atoms with Gasteiger partial charge in [0.1, 0.15) is 17.5 Å². The summed E-state index contributed by atoms with van der Waals surface area (Å²) in [5, 5.41) is 11.4. The van der Waals surface area contributed by atoms with Gasteiger partial charge in [-0.15, -0.1) is 0 Å². The van der Waals surface area contributed by atoms with Gasteiger partial charge in [0.2, 0.25) is 0 Å². The average Bonchev–Trinajstić information content (AvgIpc) is 2.99.